The van der Waals surface area contributed by atoms with Crippen LogP contribution in [0.25, 0.3) is 0 Å². The molecule has 0 aromatic carbocycles. The molecule has 6 aliphatic heterocycles. The molecule has 6 saturated heterocycles. The van der Waals surface area contributed by atoms with Crippen LogP contribution in [-0.2, 0) is 0 Å². The Morgan fingerprint density at radius 1 is 0.485 bits per heavy atom. The smallest absolute Gasteiger partial charge is 0.281 e. The van der Waals surface area contributed by atoms with Crippen LogP contribution >= 0.6 is 0 Å². The third kappa shape index (κ3) is 2.76. The van der Waals surface area contributed by atoms with Crippen molar-refractivity contribution >= 4 is 12.6 Å². The molecule has 10 rings (SSSR count). The summed E-state index contributed by atoms with van der Waals surface area (Å²) in [6.45, 7) is 0. The number of hydrogen-bond donors (Lipinski definition) is 0. The molecule has 2 aliphatic carbocycles. The third-order valence-corrected chi connectivity index (χ3v) is 12.9. The quantitative estimate of drug-likeness (QED) is 0.534. The number of aromatic nitrogens is 2. The van der Waals surface area contributed by atoms with Crippen molar-refractivity contribution in [2.24, 2.45) is 35.5 Å². The molecule has 2 unspecified atom stereocenters. The second kappa shape index (κ2) is 6.98. The Kier molecular flexibility index (Phi) is 4.17. The van der Waals surface area contributed by atoms with Gasteiger partial charge in [-0.1, -0.05) is 104 Å². The van der Waals surface area contributed by atoms with Crippen molar-refractivity contribution in [2.75, 3.05) is 0 Å². The van der Waals surface area contributed by atoms with Gasteiger partial charge in [-0.05, 0) is 24.3 Å². The maximum Gasteiger partial charge on any atom is 0.281 e. The molecular weight excluding hydrogens is 398 g/mol. The lowest BCUT2D eigenvalue weighted by Gasteiger charge is -2.66. The van der Waals surface area contributed by atoms with Crippen LogP contribution in [-0.4, -0.2) is 12.6 Å². The van der Waals surface area contributed by atoms with E-state index in [1.165, 1.54) is 31.7 Å². The summed E-state index contributed by atoms with van der Waals surface area (Å²) in [6.07, 6.45) is 25.9. The number of hydrogen-bond acceptors (Lipinski definition) is 0. The van der Waals surface area contributed by atoms with Gasteiger partial charge in [0.25, 0.3) is 12.6 Å². The Morgan fingerprint density at radius 3 is 1.21 bits per heavy atom. The molecule has 0 N–H and O–H groups in total. The topological polar surface area (TPSA) is 7.76 Å². The van der Waals surface area contributed by atoms with Crippen molar-refractivity contribution in [2.45, 2.75) is 81.9 Å². The van der Waals surface area contributed by atoms with Crippen LogP contribution in [0.5, 0.6) is 0 Å². The minimum Gasteiger partial charge on any atom is -0.427 e. The van der Waals surface area contributed by atoms with Gasteiger partial charge in [-0.15, -0.1) is 25.3 Å². The van der Waals surface area contributed by atoms with Crippen LogP contribution in [0.4, 0.5) is 0 Å². The van der Waals surface area contributed by atoms with E-state index in [2.05, 4.69) is 70.1 Å². The van der Waals surface area contributed by atoms with E-state index in [4.69, 9.17) is 0 Å². The third-order valence-electron chi connectivity index (χ3n) is 12.9. The molecule has 8 aliphatic rings. The fourth-order valence-electron chi connectivity index (χ4n) is 12.6. The van der Waals surface area contributed by atoms with E-state index in [1.807, 2.05) is 0 Å². The largest absolute Gasteiger partial charge is 0.427 e. The zero-order valence-electron chi connectivity index (χ0n) is 20.2. The number of nitrogens with zero attached hydrogens (tertiary/aromatic N) is 2. The first-order chi connectivity index (χ1) is 16.2. The van der Waals surface area contributed by atoms with Crippen molar-refractivity contribution in [3.8, 4) is 0 Å². The van der Waals surface area contributed by atoms with Crippen molar-refractivity contribution in [3.05, 3.63) is 61.2 Å². The minimum absolute atomic E-state index is 0.454. The summed E-state index contributed by atoms with van der Waals surface area (Å²) < 4.78 is 5.58. The van der Waals surface area contributed by atoms with Gasteiger partial charge >= 0.3 is 0 Å². The van der Waals surface area contributed by atoms with Crippen LogP contribution in [0.15, 0.2) is 61.2 Å². The summed E-state index contributed by atoms with van der Waals surface area (Å²) in [5.41, 5.74) is 0. The lowest BCUT2D eigenvalue weighted by Crippen LogP contribution is -2.76. The van der Waals surface area contributed by atoms with E-state index in [0.717, 1.165) is 47.1 Å². The average molecular weight is 438 g/mol. The van der Waals surface area contributed by atoms with Gasteiger partial charge in [0.1, 0.15) is 24.8 Å². The van der Waals surface area contributed by atoms with Gasteiger partial charge in [-0.25, -0.2) is 0 Å². The molecule has 2 saturated carbocycles. The fourth-order valence-corrected chi connectivity index (χ4v) is 12.6. The highest BCUT2D eigenvalue weighted by Gasteiger charge is 2.64. The van der Waals surface area contributed by atoms with Gasteiger partial charge in [0.15, 0.2) is 0 Å². The lowest BCUT2D eigenvalue weighted by molar-refractivity contribution is -0.555. The van der Waals surface area contributed by atoms with E-state index in [-0.39, 0.29) is 0 Å². The Bertz CT molecular complexity index is 931. The van der Waals surface area contributed by atoms with Crippen LogP contribution in [0.2, 0.25) is 36.9 Å². The normalized spacial score (nSPS) is 49.0. The molecule has 4 heteroatoms. The Balaban J connectivity index is 1.22. The van der Waals surface area contributed by atoms with Crippen molar-refractivity contribution in [3.63, 3.8) is 0 Å². The lowest BCUT2D eigenvalue weighted by atomic mass is 9.09. The average Bonchev–Trinajstić information content (AvgIpc) is 2.83. The van der Waals surface area contributed by atoms with Crippen LogP contribution < -0.4 is 8.96 Å². The van der Waals surface area contributed by atoms with E-state index < -0.39 is 12.6 Å². The maximum absolute atomic E-state index is 2.79. The van der Waals surface area contributed by atoms with Crippen molar-refractivity contribution < 1.29 is 8.96 Å². The van der Waals surface area contributed by atoms with Gasteiger partial charge in [-0.2, -0.15) is 0 Å². The number of rotatable bonds is 4. The standard InChI is InChI=1S/C29H40B2N2/c1-3-7-32(8-4-1)30-18-22-11-23(19-30)14-26(13-22)28(30)17-29-27-15-24-12-25(16-27)21-31(29,20-24)33-9-5-2-6-10-33/h1-10,22-29H,11-21H2/t22-,23-,24-,25+,26?,27?,28-,29-,30?,31?/m0/s1. The summed E-state index contributed by atoms with van der Waals surface area (Å²) >= 11 is 0. The summed E-state index contributed by atoms with van der Waals surface area (Å²) in [7, 11) is 0. The summed E-state index contributed by atoms with van der Waals surface area (Å²) in [4.78, 5) is 0. The molecule has 0 radical (unpaired) electrons. The maximum atomic E-state index is 2.79. The zero-order valence-corrected chi connectivity index (χ0v) is 20.2. The number of pyridine rings is 2. The highest BCUT2D eigenvalue weighted by Crippen LogP contribution is 2.66. The second-order valence-electron chi connectivity index (χ2n) is 14.1. The van der Waals surface area contributed by atoms with Gasteiger partial charge in [0.2, 0.25) is 0 Å². The van der Waals surface area contributed by atoms with E-state index in [1.54, 1.807) is 38.5 Å². The first-order valence-corrected chi connectivity index (χ1v) is 14.5. The Morgan fingerprint density at radius 2 is 0.848 bits per heavy atom. The zero-order chi connectivity index (χ0) is 21.6. The molecule has 0 amide bonds. The molecule has 2 aromatic rings. The van der Waals surface area contributed by atoms with Gasteiger partial charge in [0.05, 0.1) is 0 Å². The molecule has 2 aromatic heterocycles. The van der Waals surface area contributed by atoms with Crippen molar-refractivity contribution in [1.29, 1.82) is 0 Å². The Hall–Kier alpha value is -1.57. The second-order valence-corrected chi connectivity index (χ2v) is 14.1. The van der Waals surface area contributed by atoms with Gasteiger partial charge in [-0.3, -0.25) is 0 Å². The molecule has 8 fully saturated rings. The molecule has 8 atom stereocenters. The predicted molar refractivity (Wildman–Crippen MR) is 136 cm³/mol. The fraction of sp³-hybridized carbons (Fsp3) is 0.655. The summed E-state index contributed by atoms with van der Waals surface area (Å²) in [5.74, 6) is 8.01. The molecular formula is C29H40B2N2. The predicted octanol–water partition coefficient (Wildman–Crippen LogP) is 5.80. The van der Waals surface area contributed by atoms with Crippen LogP contribution in [0.1, 0.15) is 44.9 Å². The molecule has 2 nitrogen and oxygen atoms in total. The van der Waals surface area contributed by atoms with Crippen LogP contribution in [0.3, 0.4) is 0 Å². The highest BCUT2D eigenvalue weighted by atomic mass is 14.9. The summed E-state index contributed by atoms with van der Waals surface area (Å²) in [6, 6.07) is 13.7. The van der Waals surface area contributed by atoms with Crippen molar-refractivity contribution in [1.82, 2.24) is 0 Å². The SMILES string of the molecule is c1cc[n+]([B-]23C[C@@H]4CC(C[C@H](C4)C2)[C@@H]3C[C@H]2C3C[C@@H]4C[C@H](C3)C[B-]2([n+]2ccccc2)C4)cc1. The molecule has 0 spiro atoms. The molecule has 33 heavy (non-hydrogen) atoms. The molecule has 172 valence electrons. The highest BCUT2D eigenvalue weighted by molar-refractivity contribution is 6.76. The molecule has 8 heterocycles. The molecule has 8 bridgehead atoms. The first kappa shape index (κ1) is 19.7. The first-order valence-electron chi connectivity index (χ1n) is 14.5. The monoisotopic (exact) mass is 438 g/mol. The minimum atomic E-state index is -0.454. The van der Waals surface area contributed by atoms with Gasteiger partial charge in [0, 0.05) is 0 Å². The van der Waals surface area contributed by atoms with Gasteiger partial charge < -0.3 is 8.96 Å². The van der Waals surface area contributed by atoms with Crippen LogP contribution in [0, 0.1) is 35.5 Å². The van der Waals surface area contributed by atoms with E-state index in [0.29, 0.717) is 0 Å². The van der Waals surface area contributed by atoms with E-state index >= 15 is 0 Å². The Labute approximate surface area is 200 Å². The van der Waals surface area contributed by atoms with E-state index in [9.17, 15) is 0 Å². The summed E-state index contributed by atoms with van der Waals surface area (Å²) in [5, 5.41) is 0.